The lowest BCUT2D eigenvalue weighted by atomic mass is 10.1. The van der Waals surface area contributed by atoms with Crippen molar-refractivity contribution in [2.24, 2.45) is 0 Å². The number of quaternary nitrogens is 1. The second kappa shape index (κ2) is 11.8. The minimum absolute atomic E-state index is 0.0684. The van der Waals surface area contributed by atoms with Crippen molar-refractivity contribution in [2.45, 2.75) is 69.9 Å². The molecule has 1 fully saturated rings. The van der Waals surface area contributed by atoms with Crippen molar-refractivity contribution in [3.8, 4) is 0 Å². The molecule has 196 valence electrons. The van der Waals surface area contributed by atoms with Gasteiger partial charge in [0.15, 0.2) is 19.3 Å². The van der Waals surface area contributed by atoms with Crippen molar-refractivity contribution in [2.75, 3.05) is 13.1 Å². The third-order valence-corrected chi connectivity index (χ3v) is 6.47. The minimum Gasteiger partial charge on any atom is -0.481 e. The number of unbranched alkanes of at least 4 members (excludes halogenated alkanes) is 1. The van der Waals surface area contributed by atoms with E-state index in [-0.39, 0.29) is 31.8 Å². The van der Waals surface area contributed by atoms with Crippen LogP contribution in [-0.4, -0.2) is 74.9 Å². The molecule has 0 aromatic carbocycles. The Morgan fingerprint density at radius 3 is 2.28 bits per heavy atom. The van der Waals surface area contributed by atoms with E-state index in [4.69, 9.17) is 14.9 Å². The standard InChI is InChI=1S/C23H30N4O9/c28-18(29)8-7-16(12-20(32)33)25-22(35)24-15(11-19(30)31)5-2-4-10-27-13-17-6-1-3-9-26(17)23(27)36-21(34)14-27/h1,3,6,9,15-16,23H,2,4-5,7-8,10-14H2,(H3-2,24,25,28,29,30,31,32,33,35)/p+2/t15?,16?,23?,27-/m1/s1. The number of carboxylic acids is 3. The highest BCUT2D eigenvalue weighted by atomic mass is 16.6. The van der Waals surface area contributed by atoms with Crippen LogP contribution in [0.25, 0.3) is 0 Å². The van der Waals surface area contributed by atoms with Gasteiger partial charge in [0.05, 0.1) is 19.4 Å². The van der Waals surface area contributed by atoms with Gasteiger partial charge >= 0.3 is 36.3 Å². The van der Waals surface area contributed by atoms with Gasteiger partial charge in [0, 0.05) is 30.6 Å². The van der Waals surface area contributed by atoms with Gasteiger partial charge in [0.2, 0.25) is 5.69 Å². The number of carbonyl (C=O) groups is 5. The maximum atomic E-state index is 12.4. The van der Waals surface area contributed by atoms with E-state index in [1.807, 2.05) is 29.0 Å². The van der Waals surface area contributed by atoms with Crippen LogP contribution >= 0.6 is 0 Å². The first kappa shape index (κ1) is 26.9. The summed E-state index contributed by atoms with van der Waals surface area (Å²) in [5, 5.41) is 32.1. The Balaban J connectivity index is 1.52. The Kier molecular flexibility index (Phi) is 8.80. The molecule has 5 N–H and O–H groups in total. The zero-order chi connectivity index (χ0) is 26.3. The number of aromatic nitrogens is 1. The Morgan fingerprint density at radius 2 is 1.64 bits per heavy atom. The fourth-order valence-electron chi connectivity index (χ4n) is 4.89. The van der Waals surface area contributed by atoms with Crippen LogP contribution < -0.4 is 15.2 Å². The first-order valence-electron chi connectivity index (χ1n) is 11.8. The Hall–Kier alpha value is -3.74. The van der Waals surface area contributed by atoms with Gasteiger partial charge in [-0.05, 0) is 31.7 Å². The number of amides is 2. The summed E-state index contributed by atoms with van der Waals surface area (Å²) in [4.78, 5) is 57.6. The number of urea groups is 1. The highest BCUT2D eigenvalue weighted by molar-refractivity contribution is 5.77. The summed E-state index contributed by atoms with van der Waals surface area (Å²) in [6, 6.07) is 3.45. The van der Waals surface area contributed by atoms with E-state index in [2.05, 4.69) is 10.6 Å². The number of fused-ring (bicyclic) bond motifs is 3. The monoisotopic (exact) mass is 508 g/mol. The molecule has 4 atom stereocenters. The van der Waals surface area contributed by atoms with E-state index in [0.717, 1.165) is 5.69 Å². The predicted octanol–water partition coefficient (Wildman–Crippen LogP) is 0.338. The van der Waals surface area contributed by atoms with Crippen LogP contribution in [0.4, 0.5) is 4.79 Å². The summed E-state index contributed by atoms with van der Waals surface area (Å²) in [6.45, 7) is 1.55. The molecular weight excluding hydrogens is 476 g/mol. The Labute approximate surface area is 207 Å². The van der Waals surface area contributed by atoms with Crippen molar-refractivity contribution in [3.63, 3.8) is 0 Å². The van der Waals surface area contributed by atoms with E-state index in [9.17, 15) is 29.1 Å². The molecule has 3 heterocycles. The summed E-state index contributed by atoms with van der Waals surface area (Å²) in [6.07, 6.45) is 1.93. The van der Waals surface area contributed by atoms with Crippen LogP contribution in [0.1, 0.15) is 57.0 Å². The van der Waals surface area contributed by atoms with Gasteiger partial charge in [-0.25, -0.2) is 14.1 Å². The maximum Gasteiger partial charge on any atom is 0.448 e. The third kappa shape index (κ3) is 7.13. The van der Waals surface area contributed by atoms with Crippen LogP contribution in [0.15, 0.2) is 24.4 Å². The highest BCUT2D eigenvalue weighted by Crippen LogP contribution is 2.35. The molecule has 13 nitrogen and oxygen atoms in total. The molecule has 0 aliphatic carbocycles. The molecule has 2 amide bonds. The van der Waals surface area contributed by atoms with Gasteiger partial charge in [0.25, 0.3) is 0 Å². The average molecular weight is 509 g/mol. The number of nitrogens with one attached hydrogen (secondary N) is 2. The molecule has 1 saturated heterocycles. The van der Waals surface area contributed by atoms with Crippen LogP contribution in [0.2, 0.25) is 0 Å². The van der Waals surface area contributed by atoms with E-state index < -0.39 is 48.8 Å². The molecule has 0 saturated carbocycles. The lowest BCUT2D eigenvalue weighted by molar-refractivity contribution is -1.06. The maximum absolute atomic E-state index is 12.4. The number of nitrogens with zero attached hydrogens (tertiary/aromatic N) is 2. The predicted molar refractivity (Wildman–Crippen MR) is 120 cm³/mol. The molecule has 0 radical (unpaired) electrons. The van der Waals surface area contributed by atoms with Crippen molar-refractivity contribution < 1.29 is 53.1 Å². The van der Waals surface area contributed by atoms with Gasteiger partial charge in [-0.2, -0.15) is 0 Å². The highest BCUT2D eigenvalue weighted by Gasteiger charge is 2.60. The molecular formula is C23H32N4O9+2. The minimum atomic E-state index is -1.19. The van der Waals surface area contributed by atoms with Crippen molar-refractivity contribution >= 4 is 29.9 Å². The number of carboxylic acid groups (broad SMARTS) is 3. The van der Waals surface area contributed by atoms with E-state index in [1.54, 1.807) is 0 Å². The lowest BCUT2D eigenvalue weighted by Gasteiger charge is -2.26. The molecule has 2 aliphatic heterocycles. The fourth-order valence-corrected chi connectivity index (χ4v) is 4.89. The summed E-state index contributed by atoms with van der Waals surface area (Å²) >= 11 is 0. The summed E-state index contributed by atoms with van der Waals surface area (Å²) < 4.78 is 7.98. The SMILES string of the molecule is O=C(O)CCC(CC(=O)O)NC(=O)NC(CCCC[N@@+]12CC(=O)OC1[n+]1ccccc1C2)CC(=O)O. The number of hydrogen-bond acceptors (Lipinski definition) is 6. The van der Waals surface area contributed by atoms with E-state index in [0.29, 0.717) is 36.8 Å². The number of aliphatic carboxylic acids is 3. The first-order valence-corrected chi connectivity index (χ1v) is 11.8. The molecule has 3 unspecified atom stereocenters. The smallest absolute Gasteiger partial charge is 0.448 e. The molecule has 0 bridgehead atoms. The molecule has 36 heavy (non-hydrogen) atoms. The average Bonchev–Trinajstić information content (AvgIpc) is 3.24. The largest absolute Gasteiger partial charge is 0.481 e. The van der Waals surface area contributed by atoms with Gasteiger partial charge < -0.3 is 30.7 Å². The van der Waals surface area contributed by atoms with E-state index in [1.165, 1.54) is 0 Å². The number of esters is 1. The van der Waals surface area contributed by atoms with Gasteiger partial charge in [0.1, 0.15) is 0 Å². The van der Waals surface area contributed by atoms with Gasteiger partial charge in [-0.3, -0.25) is 14.4 Å². The molecule has 1 aromatic rings. The summed E-state index contributed by atoms with van der Waals surface area (Å²) in [7, 11) is 0. The van der Waals surface area contributed by atoms with E-state index >= 15 is 0 Å². The molecule has 3 rings (SSSR count). The molecule has 1 aromatic heterocycles. The normalized spacial score (nSPS) is 21.6. The number of rotatable bonds is 14. The number of ether oxygens (including phenoxy) is 1. The van der Waals surface area contributed by atoms with Gasteiger partial charge in [-0.1, -0.05) is 0 Å². The Bertz CT molecular complexity index is 1020. The lowest BCUT2D eigenvalue weighted by Crippen LogP contribution is -2.51. The van der Waals surface area contributed by atoms with Crippen LogP contribution in [-0.2, 0) is 30.5 Å². The molecule has 2 aliphatic rings. The van der Waals surface area contributed by atoms with Crippen LogP contribution in [0.3, 0.4) is 0 Å². The second-order valence-electron chi connectivity index (χ2n) is 9.31. The zero-order valence-corrected chi connectivity index (χ0v) is 19.8. The molecule has 0 spiro atoms. The third-order valence-electron chi connectivity index (χ3n) is 6.47. The Morgan fingerprint density at radius 1 is 0.972 bits per heavy atom. The fraction of sp³-hybridized carbons (Fsp3) is 0.565. The summed E-state index contributed by atoms with van der Waals surface area (Å²) in [5.74, 6) is -3.66. The second-order valence-corrected chi connectivity index (χ2v) is 9.31. The topological polar surface area (TPSA) is 183 Å². The number of pyridine rings is 1. The number of hydrogen-bond donors (Lipinski definition) is 5. The summed E-state index contributed by atoms with van der Waals surface area (Å²) in [5.41, 5.74) is 1.07. The zero-order valence-electron chi connectivity index (χ0n) is 19.8. The van der Waals surface area contributed by atoms with Crippen LogP contribution in [0, 0.1) is 0 Å². The van der Waals surface area contributed by atoms with Crippen molar-refractivity contribution in [1.82, 2.24) is 10.6 Å². The first-order chi connectivity index (χ1) is 17.1. The number of carbonyl (C=O) groups excluding carboxylic acids is 2. The quantitative estimate of drug-likeness (QED) is 0.102. The van der Waals surface area contributed by atoms with Gasteiger partial charge in [-0.15, -0.1) is 4.57 Å². The molecule has 13 heteroatoms. The van der Waals surface area contributed by atoms with Crippen molar-refractivity contribution in [1.29, 1.82) is 0 Å². The van der Waals surface area contributed by atoms with Crippen LogP contribution in [0.5, 0.6) is 0 Å². The van der Waals surface area contributed by atoms with Crippen molar-refractivity contribution in [3.05, 3.63) is 30.1 Å².